The molecule has 3 heteroatoms. The number of hydrogen-bond acceptors (Lipinski definition) is 3. The third-order valence-electron chi connectivity index (χ3n) is 7.47. The zero-order valence-electron chi connectivity index (χ0n) is 24.5. The molecule has 0 unspecified atom stereocenters. The lowest BCUT2D eigenvalue weighted by atomic mass is 9.83. The summed E-state index contributed by atoms with van der Waals surface area (Å²) in [6.45, 7) is 2.13. The number of rotatable bonds is 8. The van der Waals surface area contributed by atoms with E-state index in [1.165, 1.54) is 22.5 Å². The van der Waals surface area contributed by atoms with E-state index in [1.807, 2.05) is 12.1 Å². The summed E-state index contributed by atoms with van der Waals surface area (Å²) in [5, 5.41) is 0. The van der Waals surface area contributed by atoms with Gasteiger partial charge in [0, 0.05) is 45.5 Å². The first-order valence-corrected chi connectivity index (χ1v) is 14.0. The van der Waals surface area contributed by atoms with Gasteiger partial charge in [0.2, 0.25) is 0 Å². The van der Waals surface area contributed by atoms with E-state index in [9.17, 15) is 0 Å². The quantitative estimate of drug-likeness (QED) is 0.146. The van der Waals surface area contributed by atoms with Gasteiger partial charge in [-0.1, -0.05) is 103 Å². The highest BCUT2D eigenvalue weighted by Crippen LogP contribution is 2.40. The molecule has 0 heterocycles. The third-order valence-corrected chi connectivity index (χ3v) is 7.47. The molecule has 0 saturated heterocycles. The average Bonchev–Trinajstić information content (AvgIpc) is 3.00. The molecular weight excluding hydrogens is 498 g/mol. The Morgan fingerprint density at radius 3 is 1.46 bits per heavy atom. The van der Waals surface area contributed by atoms with Crippen LogP contribution in [0.15, 0.2) is 132 Å². The van der Waals surface area contributed by atoms with Crippen molar-refractivity contribution in [3.8, 4) is 0 Å². The molecule has 204 valence electrons. The third kappa shape index (κ3) is 6.32. The van der Waals surface area contributed by atoms with Crippen molar-refractivity contribution in [1.29, 1.82) is 0 Å². The summed E-state index contributed by atoms with van der Waals surface area (Å²) >= 11 is 0. The van der Waals surface area contributed by atoms with Gasteiger partial charge in [-0.05, 0) is 70.4 Å². The van der Waals surface area contributed by atoms with Crippen LogP contribution < -0.4 is 9.80 Å². The maximum absolute atomic E-state index is 5.12. The van der Waals surface area contributed by atoms with Gasteiger partial charge in [-0.15, -0.1) is 0 Å². The Balaban J connectivity index is 1.71. The largest absolute Gasteiger partial charge is 0.378 e. The summed E-state index contributed by atoms with van der Waals surface area (Å²) in [5.74, 6) is 3.50. The van der Waals surface area contributed by atoms with Crippen molar-refractivity contribution in [3.63, 3.8) is 0 Å². The van der Waals surface area contributed by atoms with E-state index in [0.29, 0.717) is 0 Å². The molecule has 0 aliphatic rings. The molecule has 41 heavy (non-hydrogen) atoms. The predicted molar refractivity (Wildman–Crippen MR) is 176 cm³/mol. The average molecular weight is 536 g/mol. The molecule has 0 radical (unpaired) electrons. The van der Waals surface area contributed by atoms with Crippen molar-refractivity contribution in [3.05, 3.63) is 161 Å². The number of hydrogen-bond donors (Lipinski definition) is 0. The van der Waals surface area contributed by atoms with Crippen molar-refractivity contribution < 1.29 is 0 Å². The maximum atomic E-state index is 5.12. The molecule has 5 aromatic carbocycles. The SMILES string of the molecule is Cc1cccc(C(c2ccc(N(C)C)cc2)c2ccc(N(C)C)cc2)c1N=C=C(c1ccccc1)c1ccccc1. The van der Waals surface area contributed by atoms with E-state index in [-0.39, 0.29) is 5.92 Å². The van der Waals surface area contributed by atoms with Crippen LogP contribution in [0.1, 0.15) is 39.3 Å². The second-order valence-electron chi connectivity index (χ2n) is 10.7. The van der Waals surface area contributed by atoms with E-state index in [0.717, 1.165) is 33.5 Å². The summed E-state index contributed by atoms with van der Waals surface area (Å²) in [7, 11) is 8.29. The van der Waals surface area contributed by atoms with Crippen LogP contribution in [0.3, 0.4) is 0 Å². The van der Waals surface area contributed by atoms with E-state index in [1.54, 1.807) is 0 Å². The highest BCUT2D eigenvalue weighted by Gasteiger charge is 2.21. The molecule has 5 rings (SSSR count). The van der Waals surface area contributed by atoms with Crippen molar-refractivity contribution in [1.82, 2.24) is 0 Å². The Hall–Kier alpha value is -4.85. The maximum Gasteiger partial charge on any atom is 0.0800 e. The number of anilines is 2. The lowest BCUT2D eigenvalue weighted by Crippen LogP contribution is -2.10. The number of benzene rings is 5. The normalized spacial score (nSPS) is 10.7. The molecule has 0 atom stereocenters. The lowest BCUT2D eigenvalue weighted by molar-refractivity contribution is 0.969. The van der Waals surface area contributed by atoms with Gasteiger partial charge in [0.1, 0.15) is 0 Å². The molecule has 0 aromatic heterocycles. The smallest absolute Gasteiger partial charge is 0.0800 e. The molecule has 0 aliphatic carbocycles. The van der Waals surface area contributed by atoms with Gasteiger partial charge in [0.15, 0.2) is 0 Å². The fourth-order valence-corrected chi connectivity index (χ4v) is 5.17. The van der Waals surface area contributed by atoms with Gasteiger partial charge in [-0.3, -0.25) is 0 Å². The van der Waals surface area contributed by atoms with Crippen LogP contribution >= 0.6 is 0 Å². The van der Waals surface area contributed by atoms with Crippen LogP contribution in [0.25, 0.3) is 5.57 Å². The minimum Gasteiger partial charge on any atom is -0.378 e. The Bertz CT molecular complexity index is 1550. The monoisotopic (exact) mass is 535 g/mol. The summed E-state index contributed by atoms with van der Waals surface area (Å²) in [6, 6.07) is 45.0. The van der Waals surface area contributed by atoms with Crippen LogP contribution in [0, 0.1) is 6.92 Å². The van der Waals surface area contributed by atoms with Crippen LogP contribution in [-0.2, 0) is 0 Å². The molecular formula is C38H37N3. The number of aliphatic imine (C=N–C) groups is 1. The van der Waals surface area contributed by atoms with Gasteiger partial charge in [0.25, 0.3) is 0 Å². The molecule has 0 N–H and O–H groups in total. The first kappa shape index (κ1) is 27.7. The Morgan fingerprint density at radius 1 is 0.561 bits per heavy atom. The molecule has 0 fully saturated rings. The summed E-state index contributed by atoms with van der Waals surface area (Å²) in [4.78, 5) is 9.38. The van der Waals surface area contributed by atoms with Crippen LogP contribution in [0.2, 0.25) is 0 Å². The fourth-order valence-electron chi connectivity index (χ4n) is 5.17. The van der Waals surface area contributed by atoms with Crippen molar-refractivity contribution in [2.75, 3.05) is 38.0 Å². The highest BCUT2D eigenvalue weighted by atomic mass is 15.1. The fraction of sp³-hybridized carbons (Fsp3) is 0.158. The zero-order valence-corrected chi connectivity index (χ0v) is 24.5. The number of para-hydroxylation sites is 1. The Morgan fingerprint density at radius 2 is 1.02 bits per heavy atom. The zero-order chi connectivity index (χ0) is 28.8. The minimum atomic E-state index is 0.0137. The first-order chi connectivity index (χ1) is 19.9. The van der Waals surface area contributed by atoms with E-state index in [2.05, 4.69) is 166 Å². The summed E-state index contributed by atoms with van der Waals surface area (Å²) in [5.41, 5.74) is 11.2. The lowest BCUT2D eigenvalue weighted by Gasteiger charge is -2.23. The van der Waals surface area contributed by atoms with Crippen LogP contribution in [0.5, 0.6) is 0 Å². The van der Waals surface area contributed by atoms with Crippen LogP contribution in [-0.4, -0.2) is 34.1 Å². The topological polar surface area (TPSA) is 18.8 Å². The van der Waals surface area contributed by atoms with Gasteiger partial charge in [-0.2, -0.15) is 0 Å². The van der Waals surface area contributed by atoms with Gasteiger partial charge >= 0.3 is 0 Å². The molecule has 5 aromatic rings. The van der Waals surface area contributed by atoms with E-state index < -0.39 is 0 Å². The molecule has 0 spiro atoms. The van der Waals surface area contributed by atoms with Crippen molar-refractivity contribution in [2.45, 2.75) is 12.8 Å². The molecule has 0 aliphatic heterocycles. The van der Waals surface area contributed by atoms with Gasteiger partial charge in [0.05, 0.1) is 11.3 Å². The highest BCUT2D eigenvalue weighted by molar-refractivity contribution is 5.99. The van der Waals surface area contributed by atoms with Crippen LogP contribution in [0.4, 0.5) is 17.1 Å². The van der Waals surface area contributed by atoms with E-state index in [4.69, 9.17) is 4.99 Å². The first-order valence-electron chi connectivity index (χ1n) is 14.0. The second kappa shape index (κ2) is 12.6. The summed E-state index contributed by atoms with van der Waals surface area (Å²) < 4.78 is 0. The Labute approximate surface area is 244 Å². The molecule has 3 nitrogen and oxygen atoms in total. The number of nitrogens with zero attached hydrogens (tertiary/aromatic N) is 3. The van der Waals surface area contributed by atoms with Crippen molar-refractivity contribution in [2.24, 2.45) is 4.99 Å². The minimum absolute atomic E-state index is 0.0137. The molecule has 0 bridgehead atoms. The van der Waals surface area contributed by atoms with Gasteiger partial charge < -0.3 is 9.80 Å². The molecule has 0 saturated carbocycles. The number of aryl methyl sites for hydroxylation is 1. The molecule has 0 amide bonds. The van der Waals surface area contributed by atoms with E-state index >= 15 is 0 Å². The standard InChI is InChI=1S/C38H37N3/c1-28-13-12-18-35(38(28)39-27-36(29-14-8-6-9-15-29)30-16-10-7-11-17-30)37(31-19-23-33(24-20-31)40(2)3)32-21-25-34(26-22-32)41(4)5/h6-26,37H,1-5H3. The second-order valence-corrected chi connectivity index (χ2v) is 10.7. The summed E-state index contributed by atoms with van der Waals surface area (Å²) in [6.07, 6.45) is 0. The Kier molecular flexibility index (Phi) is 8.48. The van der Waals surface area contributed by atoms with Gasteiger partial charge in [-0.25, -0.2) is 4.99 Å². The van der Waals surface area contributed by atoms with Crippen molar-refractivity contribution >= 4 is 28.5 Å². The predicted octanol–water partition coefficient (Wildman–Crippen LogP) is 8.74.